The molecule has 3 N–H and O–H groups in total. The number of benzene rings is 2. The Morgan fingerprint density at radius 1 is 1.28 bits per heavy atom. The zero-order valence-corrected chi connectivity index (χ0v) is 11.6. The monoisotopic (exact) mass is 308 g/mol. The Bertz CT molecular complexity index is 570. The van der Waals surface area contributed by atoms with Crippen LogP contribution in [-0.4, -0.2) is 0 Å². The summed E-state index contributed by atoms with van der Waals surface area (Å²) >= 11 is 3.47. The summed E-state index contributed by atoms with van der Waals surface area (Å²) in [7, 11) is 0. The minimum absolute atomic E-state index is 0.169. The smallest absolute Gasteiger partial charge is 0.129 e. The van der Waals surface area contributed by atoms with Crippen molar-refractivity contribution in [3.63, 3.8) is 0 Å². The third-order valence-corrected chi connectivity index (χ3v) is 3.63. The Morgan fingerprint density at radius 2 is 2.06 bits per heavy atom. The third-order valence-electron chi connectivity index (χ3n) is 2.77. The second kappa shape index (κ2) is 5.50. The zero-order chi connectivity index (χ0) is 13.1. The van der Waals surface area contributed by atoms with E-state index < -0.39 is 0 Å². The first-order valence-electron chi connectivity index (χ1n) is 5.62. The maximum absolute atomic E-state index is 13.6. The Balaban J connectivity index is 2.34. The van der Waals surface area contributed by atoms with Crippen LogP contribution in [0.4, 0.5) is 15.8 Å². The van der Waals surface area contributed by atoms with Crippen molar-refractivity contribution < 1.29 is 4.39 Å². The topological polar surface area (TPSA) is 38.0 Å². The van der Waals surface area contributed by atoms with E-state index >= 15 is 0 Å². The molecule has 18 heavy (non-hydrogen) atoms. The lowest BCUT2D eigenvalue weighted by molar-refractivity contribution is 0.611. The molecule has 0 spiro atoms. The highest BCUT2D eigenvalue weighted by atomic mass is 79.9. The summed E-state index contributed by atoms with van der Waals surface area (Å²) in [6.45, 7) is 2.18. The van der Waals surface area contributed by atoms with Crippen LogP contribution in [0.2, 0.25) is 0 Å². The van der Waals surface area contributed by atoms with Gasteiger partial charge < -0.3 is 11.1 Å². The van der Waals surface area contributed by atoms with Gasteiger partial charge in [0.1, 0.15) is 5.82 Å². The molecule has 0 saturated heterocycles. The zero-order valence-electron chi connectivity index (χ0n) is 10.0. The fourth-order valence-corrected chi connectivity index (χ4v) is 2.09. The predicted molar refractivity (Wildman–Crippen MR) is 76.5 cm³/mol. The van der Waals surface area contributed by atoms with Gasteiger partial charge >= 0.3 is 0 Å². The molecule has 0 bridgehead atoms. The maximum Gasteiger partial charge on any atom is 0.129 e. The number of nitrogens with one attached hydrogen (secondary N) is 1. The molecule has 0 aromatic heterocycles. The molecular formula is C14H14BrFN2. The molecule has 2 aromatic rings. The first-order valence-corrected chi connectivity index (χ1v) is 6.41. The summed E-state index contributed by atoms with van der Waals surface area (Å²) in [4.78, 5) is 0. The molecule has 0 atom stereocenters. The van der Waals surface area contributed by atoms with E-state index in [1.165, 1.54) is 6.07 Å². The van der Waals surface area contributed by atoms with Gasteiger partial charge in [-0.3, -0.25) is 0 Å². The minimum atomic E-state index is -0.284. The number of anilines is 2. The van der Waals surface area contributed by atoms with Crippen LogP contribution in [0.25, 0.3) is 0 Å². The number of halogens is 2. The summed E-state index contributed by atoms with van der Waals surface area (Å²) in [5, 5.41) is 3.18. The van der Waals surface area contributed by atoms with Crippen molar-refractivity contribution >= 4 is 27.3 Å². The van der Waals surface area contributed by atoms with Crippen molar-refractivity contribution in [1.29, 1.82) is 0 Å². The van der Waals surface area contributed by atoms with Crippen LogP contribution in [0.1, 0.15) is 11.1 Å². The van der Waals surface area contributed by atoms with Crippen LogP contribution in [0.15, 0.2) is 40.9 Å². The van der Waals surface area contributed by atoms with Crippen LogP contribution in [0.3, 0.4) is 0 Å². The first kappa shape index (κ1) is 13.1. The number of rotatable bonds is 3. The van der Waals surface area contributed by atoms with Gasteiger partial charge in [-0.05, 0) is 36.8 Å². The van der Waals surface area contributed by atoms with E-state index in [0.29, 0.717) is 11.3 Å². The highest BCUT2D eigenvalue weighted by Crippen LogP contribution is 2.26. The molecule has 2 aromatic carbocycles. The van der Waals surface area contributed by atoms with Gasteiger partial charge in [0.25, 0.3) is 0 Å². The average Bonchev–Trinajstić information content (AvgIpc) is 2.34. The summed E-state index contributed by atoms with van der Waals surface area (Å²) in [6, 6.07) is 10.8. The highest BCUT2D eigenvalue weighted by Gasteiger charge is 2.07. The fraction of sp³-hybridized carbons (Fsp3) is 0.143. The number of hydrogen-bond donors (Lipinski definition) is 2. The van der Waals surface area contributed by atoms with Gasteiger partial charge in [-0.2, -0.15) is 0 Å². The summed E-state index contributed by atoms with van der Waals surface area (Å²) in [5.41, 5.74) is 8.81. The van der Waals surface area contributed by atoms with Crippen LogP contribution in [-0.2, 0) is 6.54 Å². The van der Waals surface area contributed by atoms with E-state index in [1.54, 1.807) is 6.07 Å². The molecule has 0 unspecified atom stereocenters. The maximum atomic E-state index is 13.6. The molecule has 0 heterocycles. The van der Waals surface area contributed by atoms with Gasteiger partial charge in [0.05, 0.1) is 0 Å². The van der Waals surface area contributed by atoms with Crippen molar-refractivity contribution in [3.8, 4) is 0 Å². The van der Waals surface area contributed by atoms with E-state index in [2.05, 4.69) is 21.2 Å². The molecular weight excluding hydrogens is 295 g/mol. The molecule has 0 radical (unpaired) electrons. The molecule has 4 heteroatoms. The quantitative estimate of drug-likeness (QED) is 0.896. The predicted octanol–water partition coefficient (Wildman–Crippen LogP) is 4.10. The van der Waals surface area contributed by atoms with Gasteiger partial charge in [-0.1, -0.05) is 28.1 Å². The van der Waals surface area contributed by atoms with Crippen molar-refractivity contribution in [2.75, 3.05) is 5.32 Å². The molecule has 2 rings (SSSR count). The molecule has 0 aliphatic rings. The largest absolute Gasteiger partial charge is 0.355 e. The Hall–Kier alpha value is -1.39. The van der Waals surface area contributed by atoms with E-state index in [9.17, 15) is 4.39 Å². The van der Waals surface area contributed by atoms with Crippen molar-refractivity contribution in [1.82, 2.24) is 0 Å². The lowest BCUT2D eigenvalue weighted by Gasteiger charge is -2.12. The van der Waals surface area contributed by atoms with Gasteiger partial charge in [0.15, 0.2) is 0 Å². The summed E-state index contributed by atoms with van der Waals surface area (Å²) in [5.74, 6) is -0.284. The standard InChI is InChI=1S/C14H14BrFN2/c1-9-5-6-10(7-12(9)15)18-14-4-2-3-13(16)11(14)8-17/h2-7,18H,8,17H2,1H3. The van der Waals surface area contributed by atoms with Crippen molar-refractivity contribution in [2.45, 2.75) is 13.5 Å². The highest BCUT2D eigenvalue weighted by molar-refractivity contribution is 9.10. The van der Waals surface area contributed by atoms with Crippen molar-refractivity contribution in [3.05, 3.63) is 57.8 Å². The average molecular weight is 309 g/mol. The lowest BCUT2D eigenvalue weighted by atomic mass is 10.1. The van der Waals surface area contributed by atoms with Gasteiger partial charge in [-0.25, -0.2) is 4.39 Å². The third kappa shape index (κ3) is 2.71. The molecule has 2 nitrogen and oxygen atoms in total. The summed E-state index contributed by atoms with van der Waals surface area (Å²) in [6.07, 6.45) is 0. The molecule has 0 aliphatic heterocycles. The van der Waals surface area contributed by atoms with Crippen LogP contribution in [0, 0.1) is 12.7 Å². The molecule has 0 fully saturated rings. The molecule has 94 valence electrons. The first-order chi connectivity index (χ1) is 8.61. The Morgan fingerprint density at radius 3 is 2.72 bits per heavy atom. The van der Waals surface area contributed by atoms with E-state index in [-0.39, 0.29) is 12.4 Å². The SMILES string of the molecule is Cc1ccc(Nc2cccc(F)c2CN)cc1Br. The number of nitrogens with two attached hydrogens (primary N) is 1. The normalized spacial score (nSPS) is 10.4. The number of aryl methyl sites for hydroxylation is 1. The van der Waals surface area contributed by atoms with E-state index in [1.807, 2.05) is 31.2 Å². The second-order valence-electron chi connectivity index (χ2n) is 4.06. The Labute approximate surface area is 114 Å². The molecule has 0 saturated carbocycles. The van der Waals surface area contributed by atoms with Crippen molar-refractivity contribution in [2.24, 2.45) is 5.73 Å². The van der Waals surface area contributed by atoms with Crippen LogP contribution < -0.4 is 11.1 Å². The van der Waals surface area contributed by atoms with Gasteiger partial charge in [0.2, 0.25) is 0 Å². The fourth-order valence-electron chi connectivity index (χ4n) is 1.71. The molecule has 0 amide bonds. The van der Waals surface area contributed by atoms with Gasteiger partial charge in [0, 0.05) is 28.0 Å². The van der Waals surface area contributed by atoms with E-state index in [0.717, 1.165) is 15.7 Å². The second-order valence-corrected chi connectivity index (χ2v) is 4.91. The lowest BCUT2D eigenvalue weighted by Crippen LogP contribution is -2.04. The van der Waals surface area contributed by atoms with Gasteiger partial charge in [-0.15, -0.1) is 0 Å². The minimum Gasteiger partial charge on any atom is -0.355 e. The molecule has 0 aliphatic carbocycles. The summed E-state index contributed by atoms with van der Waals surface area (Å²) < 4.78 is 14.6. The van der Waals surface area contributed by atoms with E-state index in [4.69, 9.17) is 5.73 Å². The number of hydrogen-bond acceptors (Lipinski definition) is 2. The Kier molecular flexibility index (Phi) is 3.99. The van der Waals surface area contributed by atoms with Crippen LogP contribution in [0.5, 0.6) is 0 Å². The van der Waals surface area contributed by atoms with Crippen LogP contribution >= 0.6 is 15.9 Å².